The van der Waals surface area contributed by atoms with Crippen LogP contribution in [0.1, 0.15) is 52.4 Å². The van der Waals surface area contributed by atoms with Crippen molar-refractivity contribution in [3.8, 4) is 22.9 Å². The summed E-state index contributed by atoms with van der Waals surface area (Å²) in [6, 6.07) is 17.7. The number of nitriles is 1. The summed E-state index contributed by atoms with van der Waals surface area (Å²) in [5.74, 6) is -0.986. The van der Waals surface area contributed by atoms with Gasteiger partial charge in [0.05, 0.1) is 17.2 Å². The van der Waals surface area contributed by atoms with E-state index in [4.69, 9.17) is 10.00 Å². The van der Waals surface area contributed by atoms with Crippen molar-refractivity contribution in [1.82, 2.24) is 0 Å². The molecule has 144 valence electrons. The van der Waals surface area contributed by atoms with E-state index in [9.17, 15) is 4.79 Å². The van der Waals surface area contributed by atoms with Crippen LogP contribution in [0.5, 0.6) is 5.75 Å². The van der Waals surface area contributed by atoms with E-state index in [-0.39, 0.29) is 11.3 Å². The Bertz CT molecular complexity index is 1130. The van der Waals surface area contributed by atoms with E-state index < -0.39 is 11.8 Å². The second-order valence-corrected chi connectivity index (χ2v) is 7.25. The fourth-order valence-corrected chi connectivity index (χ4v) is 3.75. The van der Waals surface area contributed by atoms with E-state index in [0.29, 0.717) is 17.5 Å². The molecule has 1 aliphatic carbocycles. The van der Waals surface area contributed by atoms with Gasteiger partial charge in [0, 0.05) is 12.0 Å². The Hall–Kier alpha value is -3.45. The summed E-state index contributed by atoms with van der Waals surface area (Å²) in [5.41, 5.74) is 5.17. The third-order valence-electron chi connectivity index (χ3n) is 5.30. The zero-order chi connectivity index (χ0) is 20.4. The highest BCUT2D eigenvalue weighted by atomic mass is 19.1. The number of rotatable bonds is 5. The molecule has 0 saturated carbocycles. The van der Waals surface area contributed by atoms with Crippen LogP contribution >= 0.6 is 0 Å². The van der Waals surface area contributed by atoms with Crippen molar-refractivity contribution in [2.24, 2.45) is 0 Å². The second-order valence-electron chi connectivity index (χ2n) is 7.25. The summed E-state index contributed by atoms with van der Waals surface area (Å²) in [6.45, 7) is 2.16. The topological polar surface area (TPSA) is 50.1 Å². The molecule has 0 radical (unpaired) electrons. The molecule has 0 saturated heterocycles. The van der Waals surface area contributed by atoms with Gasteiger partial charge in [0.2, 0.25) is 0 Å². The molecule has 29 heavy (non-hydrogen) atoms. The van der Waals surface area contributed by atoms with Crippen LogP contribution < -0.4 is 4.74 Å². The smallest absolute Gasteiger partial charge is 0.346 e. The number of carbonyl (C=O) groups excluding carboxylic acids is 1. The average Bonchev–Trinajstić information content (AvgIpc) is 3.12. The number of ether oxygens (including phenoxy) is 1. The monoisotopic (exact) mass is 385 g/mol. The number of nitrogens with zero attached hydrogens (tertiary/aromatic N) is 1. The fraction of sp³-hybridized carbons (Fsp3) is 0.200. The maximum Gasteiger partial charge on any atom is 0.346 e. The molecule has 0 fully saturated rings. The van der Waals surface area contributed by atoms with Gasteiger partial charge in [0.1, 0.15) is 11.6 Å². The molecule has 0 aromatic heterocycles. The van der Waals surface area contributed by atoms with Crippen LogP contribution in [0.2, 0.25) is 0 Å². The van der Waals surface area contributed by atoms with Crippen molar-refractivity contribution in [2.75, 3.05) is 0 Å². The molecular weight excluding hydrogens is 365 g/mol. The summed E-state index contributed by atoms with van der Waals surface area (Å²) in [5, 5.41) is 8.84. The fourth-order valence-electron chi connectivity index (χ4n) is 3.75. The van der Waals surface area contributed by atoms with Crippen molar-refractivity contribution in [3.63, 3.8) is 0 Å². The number of halogens is 1. The van der Waals surface area contributed by atoms with Gasteiger partial charge in [-0.15, -0.1) is 0 Å². The third-order valence-corrected chi connectivity index (χ3v) is 5.30. The molecule has 0 heterocycles. The van der Waals surface area contributed by atoms with Gasteiger partial charge in [0.25, 0.3) is 0 Å². The maximum atomic E-state index is 15.2. The van der Waals surface area contributed by atoms with Gasteiger partial charge in [-0.2, -0.15) is 5.26 Å². The third kappa shape index (κ3) is 3.64. The number of aryl methyl sites for hydroxylation is 1. The molecule has 3 nitrogen and oxygen atoms in total. The minimum atomic E-state index is -0.741. The number of benzene rings is 3. The molecule has 0 spiro atoms. The molecule has 0 amide bonds. The molecule has 0 aliphatic heterocycles. The first kappa shape index (κ1) is 18.9. The molecule has 3 aromatic carbocycles. The molecule has 4 heteroatoms. The van der Waals surface area contributed by atoms with E-state index in [1.165, 1.54) is 23.8 Å². The van der Waals surface area contributed by atoms with Crippen LogP contribution in [-0.2, 0) is 12.8 Å². The van der Waals surface area contributed by atoms with Crippen molar-refractivity contribution in [3.05, 3.63) is 88.2 Å². The Kier molecular flexibility index (Phi) is 5.14. The number of fused-ring (bicyclic) bond motifs is 3. The first-order valence-corrected chi connectivity index (χ1v) is 9.76. The van der Waals surface area contributed by atoms with E-state index in [1.807, 2.05) is 6.07 Å². The van der Waals surface area contributed by atoms with E-state index in [2.05, 4.69) is 25.1 Å². The Morgan fingerprint density at radius 3 is 2.59 bits per heavy atom. The van der Waals surface area contributed by atoms with Crippen molar-refractivity contribution in [2.45, 2.75) is 32.6 Å². The number of unbranched alkanes of at least 4 members (excludes halogenated alkanes) is 1. The van der Waals surface area contributed by atoms with E-state index in [0.717, 1.165) is 36.0 Å². The normalized spacial score (nSPS) is 11.5. The van der Waals surface area contributed by atoms with Crippen molar-refractivity contribution in [1.29, 1.82) is 5.26 Å². The van der Waals surface area contributed by atoms with E-state index in [1.54, 1.807) is 18.2 Å². The molecule has 0 bridgehead atoms. The SMILES string of the molecule is CCCCc1ccc2c(c1)Cc1c-2ccc(C(=O)Oc2ccc(C#N)cc2)c1F. The summed E-state index contributed by atoms with van der Waals surface area (Å²) in [4.78, 5) is 12.5. The minimum absolute atomic E-state index is 0.0767. The standard InChI is InChI=1S/C25H20FNO2/c1-2-3-4-16-7-10-20-18(13-16)14-23-21(20)11-12-22(24(23)26)25(28)29-19-8-5-17(15-27)6-9-19/h5-13H,2-4,14H2,1H3. The minimum Gasteiger partial charge on any atom is -0.423 e. The van der Waals surface area contributed by atoms with Gasteiger partial charge >= 0.3 is 5.97 Å². The Labute approximate surface area is 169 Å². The highest BCUT2D eigenvalue weighted by Gasteiger charge is 2.26. The summed E-state index contributed by atoms with van der Waals surface area (Å²) < 4.78 is 20.5. The zero-order valence-electron chi connectivity index (χ0n) is 16.2. The zero-order valence-corrected chi connectivity index (χ0v) is 16.2. The number of hydrogen-bond acceptors (Lipinski definition) is 3. The Balaban J connectivity index is 1.58. The Morgan fingerprint density at radius 1 is 1.10 bits per heavy atom. The maximum absolute atomic E-state index is 15.2. The highest BCUT2D eigenvalue weighted by Crippen LogP contribution is 2.39. The molecule has 3 aromatic rings. The van der Waals surface area contributed by atoms with Crippen LogP contribution in [0, 0.1) is 17.1 Å². The Morgan fingerprint density at radius 2 is 1.86 bits per heavy atom. The number of esters is 1. The summed E-state index contributed by atoms with van der Waals surface area (Å²) >= 11 is 0. The van der Waals surface area contributed by atoms with Crippen LogP contribution in [0.3, 0.4) is 0 Å². The lowest BCUT2D eigenvalue weighted by atomic mass is 10.0. The lowest BCUT2D eigenvalue weighted by molar-refractivity contribution is 0.0729. The molecule has 4 rings (SSSR count). The first-order valence-electron chi connectivity index (χ1n) is 9.76. The van der Waals surface area contributed by atoms with Gasteiger partial charge < -0.3 is 4.74 Å². The first-order chi connectivity index (χ1) is 14.1. The number of carbonyl (C=O) groups is 1. The van der Waals surface area contributed by atoms with Crippen LogP contribution in [0.4, 0.5) is 4.39 Å². The van der Waals surface area contributed by atoms with Gasteiger partial charge in [-0.3, -0.25) is 0 Å². The van der Waals surface area contributed by atoms with Gasteiger partial charge in [-0.1, -0.05) is 37.6 Å². The van der Waals surface area contributed by atoms with E-state index >= 15 is 4.39 Å². The predicted molar refractivity (Wildman–Crippen MR) is 109 cm³/mol. The van der Waals surface area contributed by atoms with Crippen LogP contribution in [0.15, 0.2) is 54.6 Å². The lowest BCUT2D eigenvalue weighted by Gasteiger charge is -2.08. The molecule has 0 atom stereocenters. The summed E-state index contributed by atoms with van der Waals surface area (Å²) in [7, 11) is 0. The quantitative estimate of drug-likeness (QED) is 0.321. The molecule has 0 unspecified atom stereocenters. The summed E-state index contributed by atoms with van der Waals surface area (Å²) in [6.07, 6.45) is 3.77. The molecule has 1 aliphatic rings. The van der Waals surface area contributed by atoms with Crippen LogP contribution in [0.25, 0.3) is 11.1 Å². The predicted octanol–water partition coefficient (Wildman–Crippen LogP) is 5.83. The van der Waals surface area contributed by atoms with Crippen molar-refractivity contribution < 1.29 is 13.9 Å². The van der Waals surface area contributed by atoms with Crippen molar-refractivity contribution >= 4 is 5.97 Å². The lowest BCUT2D eigenvalue weighted by Crippen LogP contribution is -2.12. The molecule has 0 N–H and O–H groups in total. The molecular formula is C25H20FNO2. The number of hydrogen-bond donors (Lipinski definition) is 0. The van der Waals surface area contributed by atoms with Crippen LogP contribution in [-0.4, -0.2) is 5.97 Å². The second kappa shape index (κ2) is 7.89. The van der Waals surface area contributed by atoms with Gasteiger partial charge in [-0.25, -0.2) is 9.18 Å². The van der Waals surface area contributed by atoms with Gasteiger partial charge in [0.15, 0.2) is 0 Å². The largest absolute Gasteiger partial charge is 0.423 e. The average molecular weight is 385 g/mol. The van der Waals surface area contributed by atoms with Gasteiger partial charge in [-0.05, 0) is 65.4 Å². The highest BCUT2D eigenvalue weighted by molar-refractivity contribution is 5.93.